The normalized spacial score (nSPS) is 19.8. The number of alkyl halides is 2. The van der Waals surface area contributed by atoms with Gasteiger partial charge in [0.1, 0.15) is 5.75 Å². The maximum atomic E-state index is 13.0. The summed E-state index contributed by atoms with van der Waals surface area (Å²) in [5.74, 6) is -2.92. The third kappa shape index (κ3) is 4.84. The number of ketones is 1. The van der Waals surface area contributed by atoms with Gasteiger partial charge < -0.3 is 10.1 Å². The third-order valence-corrected chi connectivity index (χ3v) is 5.52. The number of benzene rings is 2. The van der Waals surface area contributed by atoms with Gasteiger partial charge in [-0.25, -0.2) is 8.78 Å². The lowest BCUT2D eigenvalue weighted by molar-refractivity contribution is -0.119. The van der Waals surface area contributed by atoms with Gasteiger partial charge in [0.25, 0.3) is 5.92 Å². The van der Waals surface area contributed by atoms with Crippen molar-refractivity contribution in [3.05, 3.63) is 64.7 Å². The summed E-state index contributed by atoms with van der Waals surface area (Å²) in [6.45, 7) is 3.53. The van der Waals surface area contributed by atoms with Gasteiger partial charge in [-0.15, -0.1) is 0 Å². The average molecular weight is 414 g/mol. The topological polar surface area (TPSA) is 58.6 Å². The van der Waals surface area contributed by atoms with Crippen molar-refractivity contribution >= 4 is 11.7 Å². The Balaban J connectivity index is 1.35. The van der Waals surface area contributed by atoms with E-state index in [9.17, 15) is 18.4 Å². The largest absolute Gasteiger partial charge is 0.493 e. The number of rotatable bonds is 7. The van der Waals surface area contributed by atoms with Crippen LogP contribution >= 0.6 is 0 Å². The van der Waals surface area contributed by atoms with E-state index in [1.165, 1.54) is 6.92 Å². The highest BCUT2D eigenvalue weighted by atomic mass is 19.3. The molecule has 7 heteroatoms. The summed E-state index contributed by atoms with van der Waals surface area (Å²) in [5.41, 5.74) is 3.63. The van der Waals surface area contributed by atoms with Crippen LogP contribution in [0.1, 0.15) is 40.4 Å². The molecular formula is C23H24F2N2O3. The number of ether oxygens (including phenoxy) is 1. The summed E-state index contributed by atoms with van der Waals surface area (Å²) < 4.78 is 31.5. The van der Waals surface area contributed by atoms with Crippen molar-refractivity contribution in [3.8, 4) is 5.75 Å². The Morgan fingerprint density at radius 2 is 1.87 bits per heavy atom. The average Bonchev–Trinajstić information content (AvgIpc) is 3.32. The molecule has 5 nitrogen and oxygen atoms in total. The minimum Gasteiger partial charge on any atom is -0.493 e. The quantitative estimate of drug-likeness (QED) is 0.753. The zero-order chi connectivity index (χ0) is 21.3. The molecule has 0 radical (unpaired) electrons. The molecular weight excluding hydrogens is 390 g/mol. The molecule has 0 saturated heterocycles. The maximum absolute atomic E-state index is 13.0. The van der Waals surface area contributed by atoms with Crippen molar-refractivity contribution in [1.82, 2.24) is 10.2 Å². The fourth-order valence-electron chi connectivity index (χ4n) is 3.63. The number of hydrogen-bond acceptors (Lipinski definition) is 4. The Kier molecular flexibility index (Phi) is 5.56. The molecule has 1 N–H and O–H groups in total. The molecule has 1 atom stereocenters. The molecule has 0 aromatic heterocycles. The number of nitrogens with zero attached hydrogens (tertiary/aromatic N) is 1. The first-order valence-corrected chi connectivity index (χ1v) is 10.0. The van der Waals surface area contributed by atoms with Crippen molar-refractivity contribution < 1.29 is 23.1 Å². The number of Topliss-reactive ketones (excluding diaryl/α,β-unsaturated/α-hetero) is 1. The van der Waals surface area contributed by atoms with Crippen LogP contribution in [0.5, 0.6) is 5.75 Å². The second kappa shape index (κ2) is 8.14. The highest BCUT2D eigenvalue weighted by molar-refractivity contribution is 6.00. The van der Waals surface area contributed by atoms with Crippen LogP contribution in [0.2, 0.25) is 0 Å². The third-order valence-electron chi connectivity index (χ3n) is 5.52. The zero-order valence-electron chi connectivity index (χ0n) is 16.8. The smallest absolute Gasteiger partial charge is 0.255 e. The standard InChI is InChI=1S/C23H24F2N2O3/c1-15(28)26-10-16-2-4-17(5-3-16)11-27-12-18-6-7-20(8-21(18)22(29)13-27)30-14-19-9-23(19,24)25/h2-8,19H,9-14H2,1H3,(H,26,28). The molecule has 30 heavy (non-hydrogen) atoms. The first-order chi connectivity index (χ1) is 14.3. The maximum Gasteiger partial charge on any atom is 0.255 e. The van der Waals surface area contributed by atoms with Gasteiger partial charge in [0.15, 0.2) is 5.78 Å². The van der Waals surface area contributed by atoms with Crippen molar-refractivity contribution in [1.29, 1.82) is 0 Å². The van der Waals surface area contributed by atoms with Gasteiger partial charge in [0, 0.05) is 38.5 Å². The Morgan fingerprint density at radius 3 is 2.53 bits per heavy atom. The molecule has 4 rings (SSSR count). The number of halogens is 2. The van der Waals surface area contributed by atoms with Crippen LogP contribution < -0.4 is 10.1 Å². The van der Waals surface area contributed by atoms with Gasteiger partial charge in [-0.3, -0.25) is 14.5 Å². The van der Waals surface area contributed by atoms with Crippen LogP contribution in [0.25, 0.3) is 0 Å². The molecule has 1 amide bonds. The van der Waals surface area contributed by atoms with E-state index in [0.717, 1.165) is 16.7 Å². The molecule has 1 heterocycles. The lowest BCUT2D eigenvalue weighted by Gasteiger charge is -2.28. The van der Waals surface area contributed by atoms with Crippen LogP contribution in [0.15, 0.2) is 42.5 Å². The number of carbonyl (C=O) groups is 2. The summed E-state index contributed by atoms with van der Waals surface area (Å²) in [4.78, 5) is 25.7. The van der Waals surface area contributed by atoms with E-state index in [-0.39, 0.29) is 24.7 Å². The fraction of sp³-hybridized carbons (Fsp3) is 0.391. The van der Waals surface area contributed by atoms with Crippen molar-refractivity contribution in [2.24, 2.45) is 5.92 Å². The lowest BCUT2D eigenvalue weighted by Crippen LogP contribution is -2.34. The number of fused-ring (bicyclic) bond motifs is 1. The highest BCUT2D eigenvalue weighted by Crippen LogP contribution is 2.48. The van der Waals surface area contributed by atoms with Crippen molar-refractivity contribution in [2.75, 3.05) is 13.2 Å². The number of carbonyl (C=O) groups excluding carboxylic acids is 2. The molecule has 2 aliphatic rings. The SMILES string of the molecule is CC(=O)NCc1ccc(CN2CC(=O)c3cc(OCC4CC4(F)F)ccc3C2)cc1. The Labute approximate surface area is 174 Å². The van der Waals surface area contributed by atoms with E-state index in [1.807, 2.05) is 30.3 Å². The summed E-state index contributed by atoms with van der Waals surface area (Å²) >= 11 is 0. The second-order valence-corrected chi connectivity index (χ2v) is 8.09. The Morgan fingerprint density at radius 1 is 1.17 bits per heavy atom. The molecule has 0 spiro atoms. The van der Waals surface area contributed by atoms with Crippen LogP contribution in [-0.2, 0) is 24.4 Å². The summed E-state index contributed by atoms with van der Waals surface area (Å²) in [6, 6.07) is 13.2. The number of hydrogen-bond donors (Lipinski definition) is 1. The fourth-order valence-corrected chi connectivity index (χ4v) is 3.63. The predicted molar refractivity (Wildman–Crippen MR) is 107 cm³/mol. The summed E-state index contributed by atoms with van der Waals surface area (Å²) in [5, 5.41) is 2.77. The van der Waals surface area contributed by atoms with E-state index in [4.69, 9.17) is 4.74 Å². The molecule has 1 fully saturated rings. The summed E-state index contributed by atoms with van der Waals surface area (Å²) in [7, 11) is 0. The van der Waals surface area contributed by atoms with Crippen LogP contribution in [-0.4, -0.2) is 35.7 Å². The minimum atomic E-state index is -2.60. The highest BCUT2D eigenvalue weighted by Gasteiger charge is 2.57. The molecule has 1 saturated carbocycles. The molecule has 2 aromatic carbocycles. The molecule has 1 unspecified atom stereocenters. The number of amides is 1. The second-order valence-electron chi connectivity index (χ2n) is 8.09. The van der Waals surface area contributed by atoms with Gasteiger partial charge in [-0.2, -0.15) is 0 Å². The molecule has 1 aliphatic heterocycles. The zero-order valence-corrected chi connectivity index (χ0v) is 16.8. The molecule has 1 aliphatic carbocycles. The predicted octanol–water partition coefficient (Wildman–Crippen LogP) is 3.56. The Hall–Kier alpha value is -2.80. The van der Waals surface area contributed by atoms with Gasteiger partial charge in [0.2, 0.25) is 5.91 Å². The van der Waals surface area contributed by atoms with Crippen LogP contribution in [0.4, 0.5) is 8.78 Å². The molecule has 2 aromatic rings. The van der Waals surface area contributed by atoms with Crippen molar-refractivity contribution in [2.45, 2.75) is 38.9 Å². The molecule has 158 valence electrons. The van der Waals surface area contributed by atoms with E-state index in [1.54, 1.807) is 12.1 Å². The van der Waals surface area contributed by atoms with Gasteiger partial charge in [-0.1, -0.05) is 30.3 Å². The number of nitrogens with one attached hydrogen (secondary N) is 1. The van der Waals surface area contributed by atoms with Gasteiger partial charge in [0.05, 0.1) is 19.1 Å². The first kappa shape index (κ1) is 20.5. The van der Waals surface area contributed by atoms with E-state index in [0.29, 0.717) is 37.5 Å². The van der Waals surface area contributed by atoms with Gasteiger partial charge >= 0.3 is 0 Å². The minimum absolute atomic E-state index is 0.000676. The monoisotopic (exact) mass is 414 g/mol. The van der Waals surface area contributed by atoms with Crippen LogP contribution in [0.3, 0.4) is 0 Å². The van der Waals surface area contributed by atoms with E-state index < -0.39 is 11.8 Å². The lowest BCUT2D eigenvalue weighted by atomic mass is 9.97. The summed E-state index contributed by atoms with van der Waals surface area (Å²) in [6.07, 6.45) is -0.125. The molecule has 0 bridgehead atoms. The van der Waals surface area contributed by atoms with E-state index in [2.05, 4.69) is 10.2 Å². The van der Waals surface area contributed by atoms with Gasteiger partial charge in [-0.05, 0) is 28.8 Å². The van der Waals surface area contributed by atoms with Crippen LogP contribution in [0, 0.1) is 5.92 Å². The first-order valence-electron chi connectivity index (χ1n) is 10.0. The van der Waals surface area contributed by atoms with E-state index >= 15 is 0 Å². The Bertz CT molecular complexity index is 959. The van der Waals surface area contributed by atoms with Crippen molar-refractivity contribution in [3.63, 3.8) is 0 Å².